The molecular weight excluding hydrogens is 387 g/mol. The summed E-state index contributed by atoms with van der Waals surface area (Å²) in [5.41, 5.74) is 1.30. The highest BCUT2D eigenvalue weighted by molar-refractivity contribution is 6.05. The number of carbonyl (C=O) groups is 2. The summed E-state index contributed by atoms with van der Waals surface area (Å²) in [5, 5.41) is 5.33. The Morgan fingerprint density at radius 1 is 1.07 bits per heavy atom. The Balaban J connectivity index is 1.63. The smallest absolute Gasteiger partial charge is 0.268 e. The minimum Gasteiger partial charge on any atom is -0.492 e. The lowest BCUT2D eigenvalue weighted by Gasteiger charge is -2.12. The van der Waals surface area contributed by atoms with Crippen LogP contribution in [-0.2, 0) is 4.79 Å². The third kappa shape index (κ3) is 5.81. The van der Waals surface area contributed by atoms with E-state index in [4.69, 9.17) is 9.15 Å². The predicted molar refractivity (Wildman–Crippen MR) is 110 cm³/mol. The Hall–Kier alpha value is -3.87. The topological polar surface area (TPSA) is 80.6 Å². The summed E-state index contributed by atoms with van der Waals surface area (Å²) in [6.07, 6.45) is 2.92. The highest BCUT2D eigenvalue weighted by atomic mass is 19.1. The number of nitrogens with one attached hydrogen (secondary N) is 2. The molecule has 154 valence electrons. The second-order valence-corrected chi connectivity index (χ2v) is 6.40. The van der Waals surface area contributed by atoms with Crippen molar-refractivity contribution in [2.24, 2.45) is 0 Å². The van der Waals surface area contributed by atoms with Crippen LogP contribution in [0, 0.1) is 12.7 Å². The van der Waals surface area contributed by atoms with Gasteiger partial charge in [0.1, 0.15) is 29.6 Å². The van der Waals surface area contributed by atoms with Crippen molar-refractivity contribution in [2.45, 2.75) is 6.92 Å². The molecule has 3 rings (SSSR count). The van der Waals surface area contributed by atoms with E-state index in [0.717, 1.165) is 5.56 Å². The number of aryl methyl sites for hydroxylation is 1. The van der Waals surface area contributed by atoms with E-state index < -0.39 is 11.8 Å². The molecule has 2 N–H and O–H groups in total. The molecule has 30 heavy (non-hydrogen) atoms. The number of halogens is 1. The minimum atomic E-state index is -0.490. The van der Waals surface area contributed by atoms with E-state index in [9.17, 15) is 14.0 Å². The molecule has 0 aliphatic heterocycles. The molecule has 1 aromatic heterocycles. The second-order valence-electron chi connectivity index (χ2n) is 6.40. The number of rotatable bonds is 8. The van der Waals surface area contributed by atoms with Gasteiger partial charge in [0.25, 0.3) is 11.8 Å². The van der Waals surface area contributed by atoms with Crippen molar-refractivity contribution in [3.63, 3.8) is 0 Å². The van der Waals surface area contributed by atoms with Gasteiger partial charge in [0.15, 0.2) is 0 Å². The Kier molecular flexibility index (Phi) is 7.00. The molecule has 0 aliphatic rings. The van der Waals surface area contributed by atoms with Gasteiger partial charge in [-0.15, -0.1) is 0 Å². The maximum absolute atomic E-state index is 12.9. The Morgan fingerprint density at radius 2 is 1.83 bits per heavy atom. The summed E-state index contributed by atoms with van der Waals surface area (Å²) in [6.45, 7) is 2.18. The van der Waals surface area contributed by atoms with Crippen LogP contribution in [0.15, 0.2) is 77.0 Å². The largest absolute Gasteiger partial charge is 0.492 e. The monoisotopic (exact) mass is 408 g/mol. The van der Waals surface area contributed by atoms with E-state index in [1.807, 2.05) is 19.1 Å². The zero-order chi connectivity index (χ0) is 21.3. The third-order valence-corrected chi connectivity index (χ3v) is 4.18. The first-order valence-electron chi connectivity index (χ1n) is 9.31. The molecule has 0 radical (unpaired) electrons. The van der Waals surface area contributed by atoms with E-state index in [1.165, 1.54) is 36.6 Å². The summed E-state index contributed by atoms with van der Waals surface area (Å²) >= 11 is 0. The van der Waals surface area contributed by atoms with E-state index in [1.54, 1.807) is 24.3 Å². The highest BCUT2D eigenvalue weighted by Gasteiger charge is 2.16. The maximum atomic E-state index is 12.9. The number of amides is 2. The molecule has 0 bridgehead atoms. The van der Waals surface area contributed by atoms with Crippen LogP contribution in [-0.4, -0.2) is 25.0 Å². The van der Waals surface area contributed by atoms with Gasteiger partial charge in [0.2, 0.25) is 0 Å². The van der Waals surface area contributed by atoms with Gasteiger partial charge in [0.05, 0.1) is 12.8 Å². The molecule has 2 amide bonds. The first-order valence-corrected chi connectivity index (χ1v) is 9.31. The van der Waals surface area contributed by atoms with Gasteiger partial charge in [-0.1, -0.05) is 18.2 Å². The van der Waals surface area contributed by atoms with Crippen molar-refractivity contribution >= 4 is 17.9 Å². The fourth-order valence-corrected chi connectivity index (χ4v) is 2.65. The molecule has 0 aliphatic carbocycles. The van der Waals surface area contributed by atoms with Crippen molar-refractivity contribution in [1.29, 1.82) is 0 Å². The van der Waals surface area contributed by atoms with Gasteiger partial charge < -0.3 is 19.8 Å². The van der Waals surface area contributed by atoms with Crippen LogP contribution >= 0.6 is 0 Å². The Morgan fingerprint density at radius 3 is 2.53 bits per heavy atom. The van der Waals surface area contributed by atoms with Gasteiger partial charge in [-0.3, -0.25) is 9.59 Å². The number of benzene rings is 2. The number of ether oxygens (including phenoxy) is 1. The zero-order valence-corrected chi connectivity index (χ0v) is 16.4. The molecular formula is C23H21FN2O4. The molecule has 0 atom stereocenters. The quantitative estimate of drug-likeness (QED) is 0.440. The molecule has 2 aromatic carbocycles. The lowest BCUT2D eigenvalue weighted by Crippen LogP contribution is -2.36. The first kappa shape index (κ1) is 20.9. The lowest BCUT2D eigenvalue weighted by atomic mass is 10.1. The SMILES string of the molecule is Cc1ccccc1C(=O)N/C(=C\c1ccco1)C(=O)NCCOc1ccc(F)cc1. The average molecular weight is 408 g/mol. The highest BCUT2D eigenvalue weighted by Crippen LogP contribution is 2.12. The van der Waals surface area contributed by atoms with Crippen LogP contribution < -0.4 is 15.4 Å². The summed E-state index contributed by atoms with van der Waals surface area (Å²) < 4.78 is 23.6. The predicted octanol–water partition coefficient (Wildman–Crippen LogP) is 3.69. The molecule has 0 fully saturated rings. The van der Waals surface area contributed by atoms with E-state index in [-0.39, 0.29) is 24.7 Å². The van der Waals surface area contributed by atoms with Crippen LogP contribution in [0.5, 0.6) is 5.75 Å². The van der Waals surface area contributed by atoms with Crippen LogP contribution in [0.25, 0.3) is 6.08 Å². The van der Waals surface area contributed by atoms with Gasteiger partial charge in [0, 0.05) is 11.6 Å². The van der Waals surface area contributed by atoms with Crippen molar-refractivity contribution in [3.05, 3.63) is 95.3 Å². The van der Waals surface area contributed by atoms with Crippen LogP contribution in [0.3, 0.4) is 0 Å². The van der Waals surface area contributed by atoms with E-state index in [2.05, 4.69) is 10.6 Å². The van der Waals surface area contributed by atoms with Crippen molar-refractivity contribution in [3.8, 4) is 5.75 Å². The number of furan rings is 1. The van der Waals surface area contributed by atoms with Crippen molar-refractivity contribution < 1.29 is 23.1 Å². The van der Waals surface area contributed by atoms with Gasteiger partial charge in [-0.25, -0.2) is 4.39 Å². The standard InChI is InChI=1S/C23H21FN2O4/c1-16-5-2-3-7-20(16)22(27)26-21(15-19-6-4-13-29-19)23(28)25-12-14-30-18-10-8-17(24)9-11-18/h2-11,13,15H,12,14H2,1H3,(H,25,28)(H,26,27)/b21-15-. The summed E-state index contributed by atoms with van der Waals surface area (Å²) in [4.78, 5) is 25.3. The number of carbonyl (C=O) groups excluding carboxylic acids is 2. The lowest BCUT2D eigenvalue weighted by molar-refractivity contribution is -0.117. The summed E-state index contributed by atoms with van der Waals surface area (Å²) in [6, 6.07) is 16.0. The summed E-state index contributed by atoms with van der Waals surface area (Å²) in [5.74, 6) is -0.329. The molecule has 3 aromatic rings. The zero-order valence-electron chi connectivity index (χ0n) is 16.4. The molecule has 1 heterocycles. The van der Waals surface area contributed by atoms with Crippen LogP contribution in [0.2, 0.25) is 0 Å². The van der Waals surface area contributed by atoms with Gasteiger partial charge >= 0.3 is 0 Å². The van der Waals surface area contributed by atoms with Crippen molar-refractivity contribution in [2.75, 3.05) is 13.2 Å². The second kappa shape index (κ2) is 10.1. The Bertz CT molecular complexity index is 1030. The molecule has 0 saturated carbocycles. The Labute approximate surface area is 173 Å². The molecule has 6 nitrogen and oxygen atoms in total. The minimum absolute atomic E-state index is 0.0417. The van der Waals surface area contributed by atoms with Crippen molar-refractivity contribution in [1.82, 2.24) is 10.6 Å². The molecule has 0 unspecified atom stereocenters. The van der Waals surface area contributed by atoms with Crippen LogP contribution in [0.4, 0.5) is 4.39 Å². The number of hydrogen-bond donors (Lipinski definition) is 2. The molecule has 7 heteroatoms. The first-order chi connectivity index (χ1) is 14.5. The van der Waals surface area contributed by atoms with Crippen LogP contribution in [0.1, 0.15) is 21.7 Å². The van der Waals surface area contributed by atoms with E-state index >= 15 is 0 Å². The fourth-order valence-electron chi connectivity index (χ4n) is 2.65. The number of hydrogen-bond acceptors (Lipinski definition) is 4. The maximum Gasteiger partial charge on any atom is 0.268 e. The van der Waals surface area contributed by atoms with E-state index in [0.29, 0.717) is 17.1 Å². The van der Waals surface area contributed by atoms with Gasteiger partial charge in [-0.2, -0.15) is 0 Å². The molecule has 0 saturated heterocycles. The fraction of sp³-hybridized carbons (Fsp3) is 0.130. The van der Waals surface area contributed by atoms with Gasteiger partial charge in [-0.05, 0) is 55.0 Å². The third-order valence-electron chi connectivity index (χ3n) is 4.18. The molecule has 0 spiro atoms. The summed E-state index contributed by atoms with van der Waals surface area (Å²) in [7, 11) is 0. The average Bonchev–Trinajstić information content (AvgIpc) is 3.25. The normalized spacial score (nSPS) is 11.1.